The van der Waals surface area contributed by atoms with Crippen LogP contribution < -0.4 is 5.32 Å². The Morgan fingerprint density at radius 2 is 1.93 bits per heavy atom. The molecule has 1 saturated heterocycles. The zero-order chi connectivity index (χ0) is 19.5. The summed E-state index contributed by atoms with van der Waals surface area (Å²) in [6.45, 7) is 0.429. The van der Waals surface area contributed by atoms with Crippen molar-refractivity contribution in [2.45, 2.75) is 11.9 Å². The highest BCUT2D eigenvalue weighted by molar-refractivity contribution is 8.00. The Balaban J connectivity index is 1.48. The number of furan rings is 1. The van der Waals surface area contributed by atoms with Crippen LogP contribution >= 0.6 is 23.4 Å². The molecular formula is C21H17ClN2O3S. The molecule has 1 aliphatic heterocycles. The zero-order valence-corrected chi connectivity index (χ0v) is 16.4. The highest BCUT2D eigenvalue weighted by Crippen LogP contribution is 2.39. The molecule has 2 heterocycles. The van der Waals surface area contributed by atoms with Gasteiger partial charge in [0.2, 0.25) is 5.91 Å². The Kier molecular flexibility index (Phi) is 5.41. The second kappa shape index (κ2) is 8.12. The second-order valence-corrected chi connectivity index (χ2v) is 7.80. The highest BCUT2D eigenvalue weighted by atomic mass is 35.5. The quantitative estimate of drug-likeness (QED) is 0.643. The van der Waals surface area contributed by atoms with Crippen molar-refractivity contribution in [1.29, 1.82) is 0 Å². The van der Waals surface area contributed by atoms with Gasteiger partial charge in [0.05, 0.1) is 29.3 Å². The smallest absolute Gasteiger partial charge is 0.255 e. The predicted octanol–water partition coefficient (Wildman–Crippen LogP) is 4.96. The van der Waals surface area contributed by atoms with Gasteiger partial charge in [-0.2, -0.15) is 0 Å². The summed E-state index contributed by atoms with van der Waals surface area (Å²) in [7, 11) is 0. The summed E-state index contributed by atoms with van der Waals surface area (Å²) in [5.41, 5.74) is 2.06. The Bertz CT molecular complexity index is 989. The molecule has 0 bridgehead atoms. The second-order valence-electron chi connectivity index (χ2n) is 6.32. The van der Waals surface area contributed by atoms with Crippen LogP contribution in [0.2, 0.25) is 5.02 Å². The number of para-hydroxylation sites is 1. The van der Waals surface area contributed by atoms with Crippen LogP contribution in [0.5, 0.6) is 0 Å². The van der Waals surface area contributed by atoms with Gasteiger partial charge in [-0.3, -0.25) is 9.59 Å². The number of anilines is 1. The van der Waals surface area contributed by atoms with E-state index >= 15 is 0 Å². The molecule has 1 fully saturated rings. The van der Waals surface area contributed by atoms with Crippen molar-refractivity contribution in [3.8, 4) is 0 Å². The molecule has 7 heteroatoms. The van der Waals surface area contributed by atoms with E-state index in [1.165, 1.54) is 0 Å². The van der Waals surface area contributed by atoms with Gasteiger partial charge in [-0.05, 0) is 42.0 Å². The van der Waals surface area contributed by atoms with Crippen LogP contribution in [0.4, 0.5) is 5.69 Å². The summed E-state index contributed by atoms with van der Waals surface area (Å²) < 4.78 is 5.38. The topological polar surface area (TPSA) is 62.6 Å². The van der Waals surface area contributed by atoms with Crippen LogP contribution in [0.3, 0.4) is 0 Å². The lowest BCUT2D eigenvalue weighted by atomic mass is 10.1. The van der Waals surface area contributed by atoms with Gasteiger partial charge in [0.1, 0.15) is 11.1 Å². The fourth-order valence-corrected chi connectivity index (χ4v) is 4.40. The maximum Gasteiger partial charge on any atom is 0.255 e. The minimum Gasteiger partial charge on any atom is -0.467 e. The summed E-state index contributed by atoms with van der Waals surface area (Å²) in [4.78, 5) is 26.6. The van der Waals surface area contributed by atoms with E-state index in [0.717, 1.165) is 11.3 Å². The third kappa shape index (κ3) is 3.93. The number of hydrogen-bond acceptors (Lipinski definition) is 4. The number of nitrogens with zero attached hydrogens (tertiary/aromatic N) is 1. The van der Waals surface area contributed by atoms with Crippen LogP contribution in [0, 0.1) is 0 Å². The van der Waals surface area contributed by atoms with Gasteiger partial charge in [-0.15, -0.1) is 11.8 Å². The van der Waals surface area contributed by atoms with Crippen LogP contribution in [-0.4, -0.2) is 22.5 Å². The molecular weight excluding hydrogens is 396 g/mol. The molecule has 0 unspecified atom stereocenters. The SMILES string of the molecule is O=C(Nc1ccccc1Cl)c1ccc([C@@H]2SCC(=O)N2Cc2ccco2)cc1. The molecule has 3 aromatic rings. The monoisotopic (exact) mass is 412 g/mol. The van der Waals surface area contributed by atoms with Crippen LogP contribution in [0.15, 0.2) is 71.3 Å². The maximum atomic E-state index is 12.5. The van der Waals surface area contributed by atoms with E-state index in [1.807, 2.05) is 36.4 Å². The van der Waals surface area contributed by atoms with E-state index in [1.54, 1.807) is 47.2 Å². The fourth-order valence-electron chi connectivity index (χ4n) is 3.03. The molecule has 1 N–H and O–H groups in total. The number of hydrogen-bond donors (Lipinski definition) is 1. The number of amides is 2. The van der Waals surface area contributed by atoms with E-state index < -0.39 is 0 Å². The first-order valence-electron chi connectivity index (χ1n) is 8.71. The minimum absolute atomic E-state index is 0.0759. The molecule has 0 radical (unpaired) electrons. The summed E-state index contributed by atoms with van der Waals surface area (Å²) in [6, 6.07) is 18.0. The van der Waals surface area contributed by atoms with Crippen molar-refractivity contribution in [2.75, 3.05) is 11.1 Å². The molecule has 2 amide bonds. The first-order chi connectivity index (χ1) is 13.6. The summed E-state index contributed by atoms with van der Waals surface area (Å²) in [5.74, 6) is 1.02. The van der Waals surface area contributed by atoms with E-state index in [9.17, 15) is 9.59 Å². The zero-order valence-electron chi connectivity index (χ0n) is 14.8. The number of carbonyl (C=O) groups excluding carboxylic acids is 2. The average molecular weight is 413 g/mol. The molecule has 1 aliphatic rings. The Morgan fingerprint density at radius 1 is 1.14 bits per heavy atom. The standard InChI is InChI=1S/C21H17ClN2O3S/c22-17-5-1-2-6-18(17)23-20(26)14-7-9-15(10-8-14)21-24(19(25)13-28-21)12-16-4-3-11-27-16/h1-11,21H,12-13H2,(H,23,26)/t21-/m0/s1. The Morgan fingerprint density at radius 3 is 2.64 bits per heavy atom. The lowest BCUT2D eigenvalue weighted by molar-refractivity contribution is -0.128. The van der Waals surface area contributed by atoms with Crippen LogP contribution in [0.25, 0.3) is 0 Å². The number of benzene rings is 2. The van der Waals surface area contributed by atoms with Gasteiger partial charge in [0.25, 0.3) is 5.91 Å². The van der Waals surface area contributed by atoms with Gasteiger partial charge < -0.3 is 14.6 Å². The lowest BCUT2D eigenvalue weighted by Crippen LogP contribution is -2.27. The molecule has 1 aromatic heterocycles. The van der Waals surface area contributed by atoms with Crippen molar-refractivity contribution < 1.29 is 14.0 Å². The van der Waals surface area contributed by atoms with Gasteiger partial charge in [-0.25, -0.2) is 0 Å². The molecule has 5 nitrogen and oxygen atoms in total. The maximum absolute atomic E-state index is 12.5. The van der Waals surface area contributed by atoms with Gasteiger partial charge >= 0.3 is 0 Å². The van der Waals surface area contributed by atoms with Gasteiger partial charge in [0.15, 0.2) is 0 Å². The van der Waals surface area contributed by atoms with Crippen molar-refractivity contribution in [2.24, 2.45) is 0 Å². The van der Waals surface area contributed by atoms with Crippen molar-refractivity contribution in [3.05, 3.63) is 88.8 Å². The summed E-state index contributed by atoms with van der Waals surface area (Å²) in [5, 5.41) is 3.20. The predicted molar refractivity (Wildman–Crippen MR) is 110 cm³/mol. The molecule has 2 aromatic carbocycles. The van der Waals surface area contributed by atoms with Crippen molar-refractivity contribution in [1.82, 2.24) is 4.90 Å². The lowest BCUT2D eigenvalue weighted by Gasteiger charge is -2.23. The molecule has 0 aliphatic carbocycles. The van der Waals surface area contributed by atoms with E-state index in [-0.39, 0.29) is 17.2 Å². The van der Waals surface area contributed by atoms with Gasteiger partial charge in [-0.1, -0.05) is 35.9 Å². The highest BCUT2D eigenvalue weighted by Gasteiger charge is 2.33. The third-order valence-corrected chi connectivity index (χ3v) is 6.04. The van der Waals surface area contributed by atoms with E-state index in [4.69, 9.17) is 16.0 Å². The van der Waals surface area contributed by atoms with Crippen LogP contribution in [-0.2, 0) is 11.3 Å². The summed E-state index contributed by atoms with van der Waals surface area (Å²) >= 11 is 7.66. The first-order valence-corrected chi connectivity index (χ1v) is 10.1. The Hall–Kier alpha value is -2.70. The van der Waals surface area contributed by atoms with Crippen molar-refractivity contribution >= 4 is 40.9 Å². The molecule has 0 saturated carbocycles. The number of halogens is 1. The van der Waals surface area contributed by atoms with Crippen molar-refractivity contribution in [3.63, 3.8) is 0 Å². The largest absolute Gasteiger partial charge is 0.467 e. The molecule has 0 spiro atoms. The molecule has 1 atom stereocenters. The normalized spacial score (nSPS) is 16.4. The van der Waals surface area contributed by atoms with E-state index in [2.05, 4.69) is 5.32 Å². The van der Waals surface area contributed by atoms with Crippen LogP contribution in [0.1, 0.15) is 27.1 Å². The molecule has 28 heavy (non-hydrogen) atoms. The number of carbonyl (C=O) groups is 2. The first kappa shape index (κ1) is 18.7. The third-order valence-electron chi connectivity index (χ3n) is 4.45. The summed E-state index contributed by atoms with van der Waals surface area (Å²) in [6.07, 6.45) is 1.60. The van der Waals surface area contributed by atoms with Gasteiger partial charge in [0, 0.05) is 5.56 Å². The molecule has 4 rings (SSSR count). The molecule has 142 valence electrons. The number of rotatable bonds is 5. The minimum atomic E-state index is -0.234. The fraction of sp³-hybridized carbons (Fsp3) is 0.143. The average Bonchev–Trinajstić information content (AvgIpc) is 3.35. The van der Waals surface area contributed by atoms with E-state index in [0.29, 0.717) is 28.6 Å². The number of thioether (sulfide) groups is 1. The number of nitrogens with one attached hydrogen (secondary N) is 1. The Labute approximate surface area is 171 Å².